The minimum atomic E-state index is -0.417. The SMILES string of the molecule is CCCCCOc1ccccc1NC(=O)OCC[N+]1(Cc2ccccc2)CCCCC1. The van der Waals surface area contributed by atoms with Gasteiger partial charge in [-0.3, -0.25) is 5.32 Å². The number of piperidine rings is 1. The van der Waals surface area contributed by atoms with E-state index in [1.165, 1.54) is 24.8 Å². The molecule has 3 rings (SSSR count). The molecule has 0 aliphatic carbocycles. The molecule has 5 heteroatoms. The standard InChI is InChI=1S/C26H36N2O3/c1-2-3-12-20-30-25-16-9-8-15-24(25)27-26(29)31-21-19-28(17-10-5-11-18-28)22-23-13-6-4-7-14-23/h4,6-9,13-16H,2-3,5,10-12,17-22H2,1H3/p+1. The summed E-state index contributed by atoms with van der Waals surface area (Å²) in [5.41, 5.74) is 2.01. The zero-order valence-corrected chi connectivity index (χ0v) is 18.9. The molecule has 0 aromatic heterocycles. The topological polar surface area (TPSA) is 47.6 Å². The molecule has 0 unspecified atom stereocenters. The molecule has 168 valence electrons. The Labute approximate surface area is 187 Å². The van der Waals surface area contributed by atoms with Crippen LogP contribution < -0.4 is 10.1 Å². The number of likely N-dealkylation sites (tertiary alicyclic amines) is 1. The molecule has 1 fully saturated rings. The number of para-hydroxylation sites is 2. The Bertz CT molecular complexity index is 788. The van der Waals surface area contributed by atoms with Crippen LogP contribution in [0.15, 0.2) is 54.6 Å². The number of amides is 1. The van der Waals surface area contributed by atoms with Crippen LogP contribution in [0.2, 0.25) is 0 Å². The van der Waals surface area contributed by atoms with E-state index >= 15 is 0 Å². The molecule has 1 N–H and O–H groups in total. The third kappa shape index (κ3) is 7.59. The number of quaternary nitrogens is 1. The van der Waals surface area contributed by atoms with Gasteiger partial charge in [0.25, 0.3) is 0 Å². The number of hydrogen-bond donors (Lipinski definition) is 1. The third-order valence-corrected chi connectivity index (χ3v) is 6.05. The summed E-state index contributed by atoms with van der Waals surface area (Å²) < 4.78 is 12.4. The summed E-state index contributed by atoms with van der Waals surface area (Å²) >= 11 is 0. The highest BCUT2D eigenvalue weighted by molar-refractivity contribution is 5.86. The Morgan fingerprint density at radius 2 is 1.68 bits per heavy atom. The second kappa shape index (κ2) is 12.4. The summed E-state index contributed by atoms with van der Waals surface area (Å²) in [5, 5.41) is 2.86. The molecule has 2 aromatic carbocycles. The zero-order valence-electron chi connectivity index (χ0n) is 18.9. The minimum Gasteiger partial charge on any atom is -0.491 e. The van der Waals surface area contributed by atoms with Crippen molar-refractivity contribution < 1.29 is 18.8 Å². The number of carbonyl (C=O) groups excluding carboxylic acids is 1. The fourth-order valence-electron chi connectivity index (χ4n) is 4.32. The highest BCUT2D eigenvalue weighted by atomic mass is 16.5. The molecular weight excluding hydrogens is 388 g/mol. The van der Waals surface area contributed by atoms with Gasteiger partial charge in [-0.25, -0.2) is 4.79 Å². The molecule has 1 heterocycles. The summed E-state index contributed by atoms with van der Waals surface area (Å²) in [6.45, 7) is 7.38. The Morgan fingerprint density at radius 1 is 0.935 bits per heavy atom. The molecule has 0 radical (unpaired) electrons. The highest BCUT2D eigenvalue weighted by Gasteiger charge is 2.30. The van der Waals surface area contributed by atoms with Gasteiger partial charge < -0.3 is 14.0 Å². The molecule has 0 saturated carbocycles. The van der Waals surface area contributed by atoms with Crippen LogP contribution in [-0.4, -0.2) is 43.4 Å². The lowest BCUT2D eigenvalue weighted by atomic mass is 10.1. The van der Waals surface area contributed by atoms with E-state index in [-0.39, 0.29) is 0 Å². The lowest BCUT2D eigenvalue weighted by molar-refractivity contribution is -0.945. The molecule has 2 aromatic rings. The highest BCUT2D eigenvalue weighted by Crippen LogP contribution is 2.25. The first-order chi connectivity index (χ1) is 15.2. The van der Waals surface area contributed by atoms with E-state index in [1.807, 2.05) is 24.3 Å². The summed E-state index contributed by atoms with van der Waals surface area (Å²) in [4.78, 5) is 12.4. The van der Waals surface area contributed by atoms with Gasteiger partial charge in [-0.05, 0) is 37.8 Å². The van der Waals surface area contributed by atoms with Gasteiger partial charge in [0.05, 0.1) is 25.4 Å². The number of anilines is 1. The Balaban J connectivity index is 1.50. The first-order valence-electron chi connectivity index (χ1n) is 11.8. The smallest absolute Gasteiger partial charge is 0.411 e. The van der Waals surface area contributed by atoms with Crippen LogP contribution in [0, 0.1) is 0 Å². The van der Waals surface area contributed by atoms with Gasteiger partial charge in [0, 0.05) is 5.56 Å². The molecule has 1 aliphatic heterocycles. The van der Waals surface area contributed by atoms with Gasteiger partial charge in [0.15, 0.2) is 0 Å². The van der Waals surface area contributed by atoms with Crippen molar-refractivity contribution in [2.45, 2.75) is 52.0 Å². The fourth-order valence-corrected chi connectivity index (χ4v) is 4.32. The van der Waals surface area contributed by atoms with Crippen molar-refractivity contribution in [2.24, 2.45) is 0 Å². The third-order valence-electron chi connectivity index (χ3n) is 6.05. The summed E-state index contributed by atoms with van der Waals surface area (Å²) in [7, 11) is 0. The van der Waals surface area contributed by atoms with Crippen LogP contribution in [0.5, 0.6) is 5.75 Å². The number of rotatable bonds is 11. The second-order valence-corrected chi connectivity index (χ2v) is 8.53. The number of hydrogen-bond acceptors (Lipinski definition) is 3. The van der Waals surface area contributed by atoms with Crippen molar-refractivity contribution in [2.75, 3.05) is 38.2 Å². The number of ether oxygens (including phenoxy) is 2. The van der Waals surface area contributed by atoms with Gasteiger partial charge in [0.1, 0.15) is 25.4 Å². The molecular formula is C26H37N2O3+. The Kier molecular flexibility index (Phi) is 9.22. The van der Waals surface area contributed by atoms with E-state index in [1.54, 1.807) is 0 Å². The van der Waals surface area contributed by atoms with E-state index in [2.05, 4.69) is 42.6 Å². The maximum atomic E-state index is 12.4. The summed E-state index contributed by atoms with van der Waals surface area (Å²) in [6, 6.07) is 18.2. The normalized spacial score (nSPS) is 15.3. The lowest BCUT2D eigenvalue weighted by Crippen LogP contribution is -2.52. The van der Waals surface area contributed by atoms with Crippen molar-refractivity contribution >= 4 is 11.8 Å². The van der Waals surface area contributed by atoms with E-state index in [0.29, 0.717) is 24.7 Å². The van der Waals surface area contributed by atoms with E-state index in [9.17, 15) is 4.79 Å². The maximum absolute atomic E-state index is 12.4. The molecule has 1 aliphatic rings. The first kappa shape index (κ1) is 23.1. The molecule has 0 atom stereocenters. The van der Waals surface area contributed by atoms with Gasteiger partial charge in [-0.15, -0.1) is 0 Å². The monoisotopic (exact) mass is 425 g/mol. The number of nitrogens with one attached hydrogen (secondary N) is 1. The predicted molar refractivity (Wildman–Crippen MR) is 125 cm³/mol. The van der Waals surface area contributed by atoms with Crippen molar-refractivity contribution in [3.05, 3.63) is 60.2 Å². The lowest BCUT2D eigenvalue weighted by Gasteiger charge is -2.41. The van der Waals surface area contributed by atoms with Crippen LogP contribution in [0.4, 0.5) is 10.5 Å². The Hall–Kier alpha value is -2.53. The average molecular weight is 426 g/mol. The van der Waals surface area contributed by atoms with Gasteiger partial charge in [0.2, 0.25) is 0 Å². The molecule has 0 spiro atoms. The number of unbranched alkanes of at least 4 members (excludes halogenated alkanes) is 2. The van der Waals surface area contributed by atoms with E-state index in [4.69, 9.17) is 9.47 Å². The van der Waals surface area contributed by atoms with Crippen LogP contribution in [0.25, 0.3) is 0 Å². The van der Waals surface area contributed by atoms with E-state index in [0.717, 1.165) is 49.9 Å². The number of nitrogens with zero attached hydrogens (tertiary/aromatic N) is 1. The predicted octanol–water partition coefficient (Wildman–Crippen LogP) is 6.01. The van der Waals surface area contributed by atoms with Crippen LogP contribution in [0.1, 0.15) is 51.0 Å². The molecule has 1 amide bonds. The van der Waals surface area contributed by atoms with Crippen molar-refractivity contribution in [1.82, 2.24) is 0 Å². The van der Waals surface area contributed by atoms with Crippen molar-refractivity contribution in [3.63, 3.8) is 0 Å². The van der Waals surface area contributed by atoms with Crippen LogP contribution in [0.3, 0.4) is 0 Å². The fraction of sp³-hybridized carbons (Fsp3) is 0.500. The molecule has 1 saturated heterocycles. The van der Waals surface area contributed by atoms with Crippen molar-refractivity contribution in [3.8, 4) is 5.75 Å². The maximum Gasteiger partial charge on any atom is 0.411 e. The van der Waals surface area contributed by atoms with Crippen molar-refractivity contribution in [1.29, 1.82) is 0 Å². The summed E-state index contributed by atoms with van der Waals surface area (Å²) in [6.07, 6.45) is 6.66. The van der Waals surface area contributed by atoms with Crippen LogP contribution in [-0.2, 0) is 11.3 Å². The average Bonchev–Trinajstić information content (AvgIpc) is 2.79. The molecule has 0 bridgehead atoms. The first-order valence-corrected chi connectivity index (χ1v) is 11.8. The summed E-state index contributed by atoms with van der Waals surface area (Å²) in [5.74, 6) is 0.694. The number of carbonyl (C=O) groups is 1. The minimum absolute atomic E-state index is 0.415. The number of benzene rings is 2. The molecule has 5 nitrogen and oxygen atoms in total. The van der Waals surface area contributed by atoms with Gasteiger partial charge >= 0.3 is 6.09 Å². The molecule has 31 heavy (non-hydrogen) atoms. The van der Waals surface area contributed by atoms with Gasteiger partial charge in [-0.1, -0.05) is 62.2 Å². The zero-order chi connectivity index (χ0) is 21.8. The van der Waals surface area contributed by atoms with Gasteiger partial charge in [-0.2, -0.15) is 0 Å². The largest absolute Gasteiger partial charge is 0.491 e. The quantitative estimate of drug-likeness (QED) is 0.354. The van der Waals surface area contributed by atoms with Crippen LogP contribution >= 0.6 is 0 Å². The Morgan fingerprint density at radius 3 is 2.45 bits per heavy atom. The second-order valence-electron chi connectivity index (χ2n) is 8.53. The van der Waals surface area contributed by atoms with E-state index < -0.39 is 6.09 Å².